The highest BCUT2D eigenvalue weighted by molar-refractivity contribution is 7.54. The summed E-state index contributed by atoms with van der Waals surface area (Å²) in [6, 6.07) is 0. The van der Waals surface area contributed by atoms with E-state index in [2.05, 4.69) is 0 Å². The van der Waals surface area contributed by atoms with Gasteiger partial charge >= 0.3 is 7.60 Å². The van der Waals surface area contributed by atoms with Crippen molar-refractivity contribution in [1.82, 2.24) is 0 Å². The molecule has 0 fully saturated rings. The molecule has 1 unspecified atom stereocenters. The van der Waals surface area contributed by atoms with Gasteiger partial charge in [-0.2, -0.15) is 0 Å². The van der Waals surface area contributed by atoms with Gasteiger partial charge in [-0.1, -0.05) is 6.08 Å². The summed E-state index contributed by atoms with van der Waals surface area (Å²) in [6.45, 7) is 0. The van der Waals surface area contributed by atoms with Gasteiger partial charge in [-0.05, 0) is 6.08 Å². The topological polar surface area (TPSA) is 74.6 Å². The number of hydrogen-bond donors (Lipinski definition) is 2. The number of ketones is 1. The number of carbonyl (C=O) groups is 1. The van der Waals surface area contributed by atoms with Crippen LogP contribution >= 0.6 is 7.60 Å². The summed E-state index contributed by atoms with van der Waals surface area (Å²) in [6.07, 6.45) is 2.37. The third kappa shape index (κ3) is 1.10. The van der Waals surface area contributed by atoms with Crippen LogP contribution in [0.15, 0.2) is 12.2 Å². The largest absolute Gasteiger partial charge is 0.340 e. The Hall–Kier alpha value is -0.440. The zero-order valence-corrected chi connectivity index (χ0v) is 5.28. The normalized spacial score (nSPS) is 26.0. The van der Waals surface area contributed by atoms with Crippen LogP contribution in [-0.2, 0) is 9.36 Å². The van der Waals surface area contributed by atoms with Gasteiger partial charge in [0.1, 0.15) is 5.66 Å². The summed E-state index contributed by atoms with van der Waals surface area (Å²) >= 11 is 0. The fourth-order valence-electron chi connectivity index (χ4n) is 0.539. The van der Waals surface area contributed by atoms with Crippen molar-refractivity contribution in [3.8, 4) is 0 Å². The molecule has 50 valence electrons. The summed E-state index contributed by atoms with van der Waals surface area (Å²) in [5.41, 5.74) is -1.16. The molecule has 1 rings (SSSR count). The summed E-state index contributed by atoms with van der Waals surface area (Å²) < 4.78 is 10.2. The summed E-state index contributed by atoms with van der Waals surface area (Å²) in [4.78, 5) is 27.0. The first-order chi connectivity index (χ1) is 4.02. The Bertz CT molecular complexity index is 213. The molecule has 5 heteroatoms. The van der Waals surface area contributed by atoms with E-state index in [-0.39, 0.29) is 0 Å². The maximum absolute atomic E-state index is 10.3. The van der Waals surface area contributed by atoms with Crippen molar-refractivity contribution in [3.63, 3.8) is 0 Å². The zero-order valence-electron chi connectivity index (χ0n) is 4.39. The molecule has 1 aliphatic rings. The first-order valence-corrected chi connectivity index (χ1v) is 3.97. The van der Waals surface area contributed by atoms with Crippen LogP contribution in [0.25, 0.3) is 0 Å². The van der Waals surface area contributed by atoms with Crippen molar-refractivity contribution in [2.45, 2.75) is 5.66 Å². The Kier molecular flexibility index (Phi) is 1.31. The standard InChI is InChI=1S/C4H5O4P/c5-3-1-2-4(3)9(6,7)8/h1-2,4H,(H2,6,7,8). The molecular formula is C4H5O4P. The van der Waals surface area contributed by atoms with Crippen LogP contribution in [0.4, 0.5) is 0 Å². The molecule has 0 aromatic rings. The second-order valence-electron chi connectivity index (χ2n) is 1.80. The van der Waals surface area contributed by atoms with E-state index in [1.807, 2.05) is 0 Å². The maximum atomic E-state index is 10.3. The molecule has 1 aliphatic carbocycles. The van der Waals surface area contributed by atoms with E-state index in [1.165, 1.54) is 6.08 Å². The van der Waals surface area contributed by atoms with Crippen LogP contribution in [0.5, 0.6) is 0 Å². The number of carbonyl (C=O) groups excluding carboxylic acids is 1. The average Bonchev–Trinajstić information content (AvgIpc) is 1.57. The third-order valence-corrected chi connectivity index (χ3v) is 2.25. The molecule has 2 N–H and O–H groups in total. The van der Waals surface area contributed by atoms with Crippen molar-refractivity contribution < 1.29 is 19.1 Å². The lowest BCUT2D eigenvalue weighted by Gasteiger charge is -2.16. The highest BCUT2D eigenvalue weighted by Gasteiger charge is 2.36. The first-order valence-electron chi connectivity index (χ1n) is 2.29. The SMILES string of the molecule is O=C1C=CC1P(=O)(O)O. The van der Waals surface area contributed by atoms with E-state index in [9.17, 15) is 9.36 Å². The Morgan fingerprint density at radius 2 is 2.11 bits per heavy atom. The molecule has 4 nitrogen and oxygen atoms in total. The Balaban J connectivity index is 2.80. The smallest absolute Gasteiger partial charge is 0.324 e. The van der Waals surface area contributed by atoms with Crippen LogP contribution in [-0.4, -0.2) is 21.2 Å². The van der Waals surface area contributed by atoms with Crippen molar-refractivity contribution in [3.05, 3.63) is 12.2 Å². The van der Waals surface area contributed by atoms with Crippen molar-refractivity contribution >= 4 is 13.4 Å². The van der Waals surface area contributed by atoms with Crippen molar-refractivity contribution in [2.75, 3.05) is 0 Å². The Morgan fingerprint density at radius 3 is 2.11 bits per heavy atom. The molecular weight excluding hydrogens is 143 g/mol. The molecule has 0 amide bonds. The summed E-state index contributed by atoms with van der Waals surface area (Å²) in [5.74, 6) is -0.483. The lowest BCUT2D eigenvalue weighted by molar-refractivity contribution is -0.115. The van der Waals surface area contributed by atoms with Gasteiger partial charge < -0.3 is 9.79 Å². The third-order valence-electron chi connectivity index (χ3n) is 1.10. The van der Waals surface area contributed by atoms with Crippen molar-refractivity contribution in [1.29, 1.82) is 0 Å². The van der Waals surface area contributed by atoms with E-state index in [0.717, 1.165) is 6.08 Å². The lowest BCUT2D eigenvalue weighted by Crippen LogP contribution is -2.23. The molecule has 0 aliphatic heterocycles. The molecule has 0 saturated carbocycles. The first kappa shape index (κ1) is 6.68. The fraction of sp³-hybridized carbons (Fsp3) is 0.250. The maximum Gasteiger partial charge on any atom is 0.340 e. The van der Waals surface area contributed by atoms with Crippen LogP contribution in [0.2, 0.25) is 0 Å². The molecule has 0 aromatic heterocycles. The van der Waals surface area contributed by atoms with Crippen LogP contribution < -0.4 is 0 Å². The lowest BCUT2D eigenvalue weighted by atomic mass is 10.1. The number of rotatable bonds is 1. The molecule has 0 radical (unpaired) electrons. The van der Waals surface area contributed by atoms with E-state index < -0.39 is 19.0 Å². The van der Waals surface area contributed by atoms with Gasteiger partial charge in [0.25, 0.3) is 0 Å². The predicted molar refractivity (Wildman–Crippen MR) is 30.0 cm³/mol. The molecule has 0 bridgehead atoms. The predicted octanol–water partition coefficient (Wildman–Crippen LogP) is -0.328. The van der Waals surface area contributed by atoms with Gasteiger partial charge in [-0.3, -0.25) is 9.36 Å². The Labute approximate surface area is 51.4 Å². The molecule has 0 aromatic carbocycles. The van der Waals surface area contributed by atoms with Crippen molar-refractivity contribution in [2.24, 2.45) is 0 Å². The second-order valence-corrected chi connectivity index (χ2v) is 3.53. The molecule has 0 saturated heterocycles. The second kappa shape index (κ2) is 1.77. The minimum atomic E-state index is -4.16. The van der Waals surface area contributed by atoms with Gasteiger partial charge in [0, 0.05) is 0 Å². The minimum absolute atomic E-state index is 0.483. The van der Waals surface area contributed by atoms with Gasteiger partial charge in [0.2, 0.25) is 0 Å². The van der Waals surface area contributed by atoms with E-state index in [1.54, 1.807) is 0 Å². The van der Waals surface area contributed by atoms with Crippen LogP contribution in [0.1, 0.15) is 0 Å². The van der Waals surface area contributed by atoms with Gasteiger partial charge in [-0.15, -0.1) is 0 Å². The van der Waals surface area contributed by atoms with Gasteiger partial charge in [0.05, 0.1) is 0 Å². The molecule has 9 heavy (non-hydrogen) atoms. The average molecular weight is 148 g/mol. The van der Waals surface area contributed by atoms with Crippen LogP contribution in [0, 0.1) is 0 Å². The highest BCUT2D eigenvalue weighted by atomic mass is 31.2. The molecule has 0 heterocycles. The molecule has 0 spiro atoms. The zero-order chi connectivity index (χ0) is 7.07. The summed E-state index contributed by atoms with van der Waals surface area (Å²) in [7, 11) is -4.16. The quantitative estimate of drug-likeness (QED) is 0.499. The van der Waals surface area contributed by atoms with Gasteiger partial charge in [0.15, 0.2) is 5.78 Å². The monoisotopic (exact) mass is 148 g/mol. The van der Waals surface area contributed by atoms with Crippen LogP contribution in [0.3, 0.4) is 0 Å². The Morgan fingerprint density at radius 1 is 1.56 bits per heavy atom. The summed E-state index contributed by atoms with van der Waals surface area (Å²) in [5, 5.41) is 0. The minimum Gasteiger partial charge on any atom is -0.324 e. The van der Waals surface area contributed by atoms with E-state index in [0.29, 0.717) is 0 Å². The van der Waals surface area contributed by atoms with E-state index >= 15 is 0 Å². The number of allylic oxidation sites excluding steroid dienone is 2. The molecule has 1 atom stereocenters. The number of hydrogen-bond acceptors (Lipinski definition) is 2. The highest BCUT2D eigenvalue weighted by Crippen LogP contribution is 2.45. The fourth-order valence-corrected chi connectivity index (χ4v) is 1.27. The van der Waals surface area contributed by atoms with E-state index in [4.69, 9.17) is 9.79 Å². The van der Waals surface area contributed by atoms with Gasteiger partial charge in [-0.25, -0.2) is 0 Å².